The molecule has 34 heavy (non-hydrogen) atoms. The molecule has 2 heterocycles. The highest BCUT2D eigenvalue weighted by molar-refractivity contribution is 6.07. The largest absolute Gasteiger partial charge is 0.493 e. The number of hydrogen-bond donors (Lipinski definition) is 2. The minimum Gasteiger partial charge on any atom is -0.493 e. The van der Waals surface area contributed by atoms with Crippen LogP contribution >= 0.6 is 0 Å². The molecule has 176 valence electrons. The molecule has 0 aliphatic carbocycles. The lowest BCUT2D eigenvalue weighted by Gasteiger charge is -2.16. The fourth-order valence-corrected chi connectivity index (χ4v) is 3.94. The van der Waals surface area contributed by atoms with E-state index in [4.69, 9.17) is 9.15 Å². The topological polar surface area (TPSA) is 101 Å². The zero-order chi connectivity index (χ0) is 23.9. The molecule has 8 heteroatoms. The lowest BCUT2D eigenvalue weighted by molar-refractivity contribution is -0.116. The van der Waals surface area contributed by atoms with Crippen LogP contribution in [0.25, 0.3) is 0 Å². The molecule has 1 aromatic heterocycles. The quantitative estimate of drug-likeness (QED) is 0.469. The van der Waals surface area contributed by atoms with Crippen LogP contribution in [0.4, 0.5) is 11.4 Å². The van der Waals surface area contributed by atoms with E-state index in [1.165, 1.54) is 12.5 Å². The van der Waals surface area contributed by atoms with Crippen LogP contribution in [0.3, 0.4) is 0 Å². The van der Waals surface area contributed by atoms with E-state index in [1.54, 1.807) is 35.2 Å². The minimum atomic E-state index is -0.224. The van der Waals surface area contributed by atoms with Gasteiger partial charge in [-0.2, -0.15) is 0 Å². The van der Waals surface area contributed by atoms with Crippen LogP contribution in [0.1, 0.15) is 46.0 Å². The normalized spacial score (nSPS) is 12.2. The first kappa shape index (κ1) is 23.1. The molecule has 4 rings (SSSR count). The fraction of sp³-hybridized carbons (Fsp3) is 0.269. The van der Waals surface area contributed by atoms with Crippen molar-refractivity contribution in [3.63, 3.8) is 0 Å². The lowest BCUT2D eigenvalue weighted by Crippen LogP contribution is -2.28. The van der Waals surface area contributed by atoms with Gasteiger partial charge in [-0.1, -0.05) is 12.1 Å². The van der Waals surface area contributed by atoms with E-state index in [2.05, 4.69) is 10.6 Å². The van der Waals surface area contributed by atoms with Crippen LogP contribution in [-0.4, -0.2) is 37.4 Å². The number of benzene rings is 2. The van der Waals surface area contributed by atoms with Crippen molar-refractivity contribution in [2.45, 2.75) is 26.2 Å². The van der Waals surface area contributed by atoms with Crippen molar-refractivity contribution in [1.29, 1.82) is 0 Å². The van der Waals surface area contributed by atoms with Crippen LogP contribution < -0.4 is 20.3 Å². The highest BCUT2D eigenvalue weighted by Crippen LogP contribution is 2.31. The third-order valence-electron chi connectivity index (χ3n) is 5.57. The van der Waals surface area contributed by atoms with Crippen molar-refractivity contribution in [1.82, 2.24) is 5.32 Å². The number of carbonyl (C=O) groups is 3. The molecule has 0 saturated carbocycles. The molecule has 0 radical (unpaired) electrons. The molecule has 8 nitrogen and oxygen atoms in total. The Labute approximate surface area is 197 Å². The smallest absolute Gasteiger partial charge is 0.261 e. The number of furan rings is 1. The number of hydrogen-bond acceptors (Lipinski definition) is 5. The van der Waals surface area contributed by atoms with Crippen molar-refractivity contribution in [3.05, 3.63) is 77.7 Å². The van der Waals surface area contributed by atoms with Crippen molar-refractivity contribution in [2.24, 2.45) is 0 Å². The molecule has 2 aromatic carbocycles. The molecule has 0 bridgehead atoms. The average molecular weight is 462 g/mol. The first-order valence-electron chi connectivity index (χ1n) is 11.3. The Hall–Kier alpha value is -4.07. The Bertz CT molecular complexity index is 1170. The summed E-state index contributed by atoms with van der Waals surface area (Å²) >= 11 is 0. The van der Waals surface area contributed by atoms with Gasteiger partial charge in [0.1, 0.15) is 12.0 Å². The van der Waals surface area contributed by atoms with Crippen molar-refractivity contribution in [2.75, 3.05) is 29.9 Å². The van der Waals surface area contributed by atoms with Crippen LogP contribution in [0.5, 0.6) is 5.75 Å². The van der Waals surface area contributed by atoms with Gasteiger partial charge in [0.25, 0.3) is 11.8 Å². The number of ether oxygens (including phenoxy) is 1. The van der Waals surface area contributed by atoms with Crippen LogP contribution in [0.15, 0.2) is 65.5 Å². The van der Waals surface area contributed by atoms with Gasteiger partial charge in [0, 0.05) is 30.9 Å². The maximum absolute atomic E-state index is 12.6. The molecule has 3 aromatic rings. The van der Waals surface area contributed by atoms with Crippen molar-refractivity contribution >= 4 is 29.1 Å². The number of amides is 3. The molecule has 1 aliphatic rings. The summed E-state index contributed by atoms with van der Waals surface area (Å²) in [6.45, 7) is 3.31. The molecule has 3 amide bonds. The molecule has 0 saturated heterocycles. The number of fused-ring (bicyclic) bond motifs is 1. The van der Waals surface area contributed by atoms with E-state index in [0.717, 1.165) is 17.7 Å². The van der Waals surface area contributed by atoms with E-state index in [-0.39, 0.29) is 24.1 Å². The Morgan fingerprint density at radius 2 is 1.97 bits per heavy atom. The van der Waals surface area contributed by atoms with Gasteiger partial charge in [-0.15, -0.1) is 0 Å². The summed E-state index contributed by atoms with van der Waals surface area (Å²) in [6, 6.07) is 14.3. The minimum absolute atomic E-state index is 0.102. The maximum Gasteiger partial charge on any atom is 0.261 e. The van der Waals surface area contributed by atoms with Crippen LogP contribution in [0, 0.1) is 0 Å². The van der Waals surface area contributed by atoms with Gasteiger partial charge in [-0.05, 0) is 61.7 Å². The van der Waals surface area contributed by atoms with Crippen LogP contribution in [-0.2, 0) is 11.2 Å². The molecule has 0 atom stereocenters. The molecule has 0 spiro atoms. The first-order valence-corrected chi connectivity index (χ1v) is 11.3. The highest BCUT2D eigenvalue weighted by Gasteiger charge is 2.26. The summed E-state index contributed by atoms with van der Waals surface area (Å²) in [6.07, 6.45) is 4.42. The Morgan fingerprint density at radius 1 is 1.12 bits per heavy atom. The van der Waals surface area contributed by atoms with Gasteiger partial charge in [-0.25, -0.2) is 0 Å². The third kappa shape index (κ3) is 5.28. The van der Waals surface area contributed by atoms with Crippen molar-refractivity contribution in [3.8, 4) is 5.75 Å². The van der Waals surface area contributed by atoms with E-state index in [9.17, 15) is 14.4 Å². The van der Waals surface area contributed by atoms with E-state index in [1.807, 2.05) is 25.1 Å². The molecular weight excluding hydrogens is 434 g/mol. The number of para-hydroxylation sites is 1. The Balaban J connectivity index is 1.25. The van der Waals surface area contributed by atoms with Gasteiger partial charge >= 0.3 is 0 Å². The summed E-state index contributed by atoms with van der Waals surface area (Å²) in [5.41, 5.74) is 3.54. The summed E-state index contributed by atoms with van der Waals surface area (Å²) in [5, 5.41) is 5.73. The summed E-state index contributed by atoms with van der Waals surface area (Å²) in [4.78, 5) is 39.1. The fourth-order valence-electron chi connectivity index (χ4n) is 3.94. The number of carbonyl (C=O) groups excluding carboxylic acids is 3. The monoisotopic (exact) mass is 461 g/mol. The second-order valence-electron chi connectivity index (χ2n) is 7.90. The van der Waals surface area contributed by atoms with Crippen molar-refractivity contribution < 1.29 is 23.5 Å². The van der Waals surface area contributed by atoms with Gasteiger partial charge in [-0.3, -0.25) is 14.4 Å². The molecule has 1 aliphatic heterocycles. The standard InChI is InChI=1S/C26H27N3O5/c1-2-34-23-7-4-3-6-21(23)25(31)27-13-5-8-24(30)28-20-9-10-22-18(16-20)11-14-29(22)26(32)19-12-15-33-17-19/h3-4,6-7,9-10,12,15-17H,2,5,8,11,13-14H2,1H3,(H,27,31)(H,28,30). The molecule has 0 unspecified atom stereocenters. The Kier molecular flexibility index (Phi) is 7.27. The predicted molar refractivity (Wildman–Crippen MR) is 128 cm³/mol. The van der Waals surface area contributed by atoms with E-state index in [0.29, 0.717) is 48.7 Å². The number of nitrogens with one attached hydrogen (secondary N) is 2. The van der Waals surface area contributed by atoms with E-state index < -0.39 is 0 Å². The maximum atomic E-state index is 12.6. The van der Waals surface area contributed by atoms with E-state index >= 15 is 0 Å². The second kappa shape index (κ2) is 10.7. The third-order valence-corrected chi connectivity index (χ3v) is 5.57. The second-order valence-corrected chi connectivity index (χ2v) is 7.90. The first-order chi connectivity index (χ1) is 16.6. The Morgan fingerprint density at radius 3 is 2.76 bits per heavy atom. The molecule has 0 fully saturated rings. The van der Waals surface area contributed by atoms with Gasteiger partial charge in [0.05, 0.1) is 24.0 Å². The summed E-state index contributed by atoms with van der Waals surface area (Å²) < 4.78 is 10.5. The summed E-state index contributed by atoms with van der Waals surface area (Å²) in [7, 11) is 0. The average Bonchev–Trinajstić information content (AvgIpc) is 3.52. The number of rotatable bonds is 9. The lowest BCUT2D eigenvalue weighted by atomic mass is 10.1. The van der Waals surface area contributed by atoms with Gasteiger partial charge in [0.2, 0.25) is 5.91 Å². The van der Waals surface area contributed by atoms with Gasteiger partial charge in [0.15, 0.2) is 0 Å². The zero-order valence-electron chi connectivity index (χ0n) is 19.0. The zero-order valence-corrected chi connectivity index (χ0v) is 19.0. The molecular formula is C26H27N3O5. The van der Waals surface area contributed by atoms with Gasteiger partial charge < -0.3 is 24.7 Å². The molecule has 2 N–H and O–H groups in total. The van der Waals surface area contributed by atoms with Crippen LogP contribution in [0.2, 0.25) is 0 Å². The summed E-state index contributed by atoms with van der Waals surface area (Å²) in [5.74, 6) is 0.0861. The predicted octanol–water partition coefficient (Wildman–Crippen LogP) is 4.03. The SMILES string of the molecule is CCOc1ccccc1C(=O)NCCCC(=O)Nc1ccc2c(c1)CCN2C(=O)c1ccoc1. The number of nitrogens with zero attached hydrogens (tertiary/aromatic N) is 1. The number of anilines is 2. The highest BCUT2D eigenvalue weighted by atomic mass is 16.5.